The number of nitrogens with zero attached hydrogens (tertiary/aromatic N) is 5. The zero-order valence-electron chi connectivity index (χ0n) is 17.1. The minimum absolute atomic E-state index is 0.632. The Labute approximate surface area is 167 Å². The first-order valence-corrected chi connectivity index (χ1v) is 10.5. The van der Waals surface area contributed by atoms with Gasteiger partial charge in [-0.05, 0) is 75.6 Å². The highest BCUT2D eigenvalue weighted by atomic mass is 32.2. The lowest BCUT2D eigenvalue weighted by molar-refractivity contribution is 0.0435. The fourth-order valence-corrected chi connectivity index (χ4v) is 4.62. The second kappa shape index (κ2) is 9.08. The highest BCUT2D eigenvalue weighted by molar-refractivity contribution is 7.96. The molecule has 0 amide bonds. The summed E-state index contributed by atoms with van der Waals surface area (Å²) in [6.07, 6.45) is 5.66. The fourth-order valence-electron chi connectivity index (χ4n) is 3.76. The summed E-state index contributed by atoms with van der Waals surface area (Å²) >= 11 is 1.66. The molecule has 0 unspecified atom stereocenters. The molecule has 7 heteroatoms. The lowest BCUT2D eigenvalue weighted by atomic mass is 9.92. The summed E-state index contributed by atoms with van der Waals surface area (Å²) in [5, 5.41) is 3.40. The molecule has 148 valence electrons. The molecule has 1 atom stereocenters. The largest absolute Gasteiger partial charge is 0.465 e. The number of rotatable bonds is 7. The van der Waals surface area contributed by atoms with Crippen LogP contribution in [0.4, 0.5) is 0 Å². The molecule has 1 aliphatic heterocycles. The van der Waals surface area contributed by atoms with Crippen molar-refractivity contribution in [2.24, 2.45) is 13.0 Å². The SMILES string of the molecule is CCOc1nc(SN(C)N2CCC[C@H](Cc3cc(C)nc(C)c3)C2)cn1C. The van der Waals surface area contributed by atoms with Crippen molar-refractivity contribution in [2.75, 3.05) is 26.7 Å². The quantitative estimate of drug-likeness (QED) is 0.674. The maximum atomic E-state index is 5.55. The van der Waals surface area contributed by atoms with Gasteiger partial charge >= 0.3 is 0 Å². The van der Waals surface area contributed by atoms with Crippen molar-refractivity contribution in [3.63, 3.8) is 0 Å². The van der Waals surface area contributed by atoms with Gasteiger partial charge in [0.1, 0.15) is 5.03 Å². The molecule has 6 nitrogen and oxygen atoms in total. The van der Waals surface area contributed by atoms with Gasteiger partial charge in [-0.15, -0.1) is 0 Å². The van der Waals surface area contributed by atoms with Crippen LogP contribution in [0.25, 0.3) is 0 Å². The van der Waals surface area contributed by atoms with Gasteiger partial charge in [0.2, 0.25) is 0 Å². The van der Waals surface area contributed by atoms with Gasteiger partial charge in [0.25, 0.3) is 6.01 Å². The minimum Gasteiger partial charge on any atom is -0.465 e. The zero-order valence-corrected chi connectivity index (χ0v) is 17.9. The van der Waals surface area contributed by atoms with Crippen LogP contribution in [-0.2, 0) is 13.5 Å². The summed E-state index contributed by atoms with van der Waals surface area (Å²) in [5.74, 6) is 0.672. The van der Waals surface area contributed by atoms with Crippen LogP contribution in [-0.4, -0.2) is 50.7 Å². The topological polar surface area (TPSA) is 46.4 Å². The van der Waals surface area contributed by atoms with Gasteiger partial charge in [-0.1, -0.05) is 0 Å². The van der Waals surface area contributed by atoms with Crippen LogP contribution >= 0.6 is 11.9 Å². The molecule has 0 saturated carbocycles. The number of imidazole rings is 1. The summed E-state index contributed by atoms with van der Waals surface area (Å²) in [6.45, 7) is 8.95. The Balaban J connectivity index is 1.59. The van der Waals surface area contributed by atoms with E-state index in [1.165, 1.54) is 18.4 Å². The van der Waals surface area contributed by atoms with Crippen LogP contribution < -0.4 is 4.74 Å². The third-order valence-corrected chi connectivity index (χ3v) is 5.75. The van der Waals surface area contributed by atoms with Crippen molar-refractivity contribution in [3.05, 3.63) is 35.3 Å². The Morgan fingerprint density at radius 3 is 2.70 bits per heavy atom. The van der Waals surface area contributed by atoms with Crippen LogP contribution in [0, 0.1) is 19.8 Å². The van der Waals surface area contributed by atoms with Crippen LogP contribution in [0.15, 0.2) is 23.4 Å². The molecule has 0 aliphatic carbocycles. The van der Waals surface area contributed by atoms with Gasteiger partial charge < -0.3 is 9.30 Å². The monoisotopic (exact) mass is 389 g/mol. The van der Waals surface area contributed by atoms with E-state index in [2.05, 4.69) is 52.4 Å². The van der Waals surface area contributed by atoms with Crippen molar-refractivity contribution in [2.45, 2.75) is 45.1 Å². The van der Waals surface area contributed by atoms with Crippen molar-refractivity contribution < 1.29 is 4.74 Å². The van der Waals surface area contributed by atoms with E-state index in [1.54, 1.807) is 11.9 Å². The van der Waals surface area contributed by atoms with E-state index in [4.69, 9.17) is 4.74 Å². The Morgan fingerprint density at radius 1 is 1.26 bits per heavy atom. The normalized spacial score (nSPS) is 18.2. The first kappa shape index (κ1) is 20.2. The van der Waals surface area contributed by atoms with E-state index in [9.17, 15) is 0 Å². The van der Waals surface area contributed by atoms with E-state index in [-0.39, 0.29) is 0 Å². The Kier molecular flexibility index (Phi) is 6.78. The van der Waals surface area contributed by atoms with Crippen LogP contribution in [0.5, 0.6) is 6.01 Å². The van der Waals surface area contributed by atoms with Crippen LogP contribution in [0.3, 0.4) is 0 Å². The van der Waals surface area contributed by atoms with E-state index in [1.807, 2.05) is 24.7 Å². The van der Waals surface area contributed by atoms with Gasteiger partial charge in [-0.2, -0.15) is 9.40 Å². The molecule has 2 aromatic heterocycles. The zero-order chi connectivity index (χ0) is 19.4. The second-order valence-electron chi connectivity index (χ2n) is 7.34. The number of hydrogen-bond donors (Lipinski definition) is 0. The van der Waals surface area contributed by atoms with Gasteiger partial charge in [-0.3, -0.25) is 4.98 Å². The van der Waals surface area contributed by atoms with Crippen molar-refractivity contribution in [3.8, 4) is 6.01 Å². The highest BCUT2D eigenvalue weighted by Gasteiger charge is 2.24. The van der Waals surface area contributed by atoms with Crippen LogP contribution in [0.1, 0.15) is 36.7 Å². The van der Waals surface area contributed by atoms with E-state index >= 15 is 0 Å². The van der Waals surface area contributed by atoms with Gasteiger partial charge in [0.05, 0.1) is 6.61 Å². The predicted octanol–water partition coefficient (Wildman–Crippen LogP) is 3.64. The van der Waals surface area contributed by atoms with Crippen LogP contribution in [0.2, 0.25) is 0 Å². The summed E-state index contributed by atoms with van der Waals surface area (Å²) < 4.78 is 9.72. The fraction of sp³-hybridized carbons (Fsp3) is 0.600. The lowest BCUT2D eigenvalue weighted by Gasteiger charge is -2.37. The summed E-state index contributed by atoms with van der Waals surface area (Å²) in [6, 6.07) is 5.13. The Bertz CT molecular complexity index is 743. The average molecular weight is 390 g/mol. The number of aryl methyl sites for hydroxylation is 3. The second-order valence-corrected chi connectivity index (χ2v) is 8.47. The standard InChI is InChI=1S/C20H31N5OS/c1-6-26-20-22-19(14-23(20)4)27-24(5)25-9-7-8-17(13-25)12-18-10-15(2)21-16(3)11-18/h10-11,14,17H,6-9,12-13H2,1-5H3/t17-/m1/s1. The maximum absolute atomic E-state index is 5.55. The highest BCUT2D eigenvalue weighted by Crippen LogP contribution is 2.28. The minimum atomic E-state index is 0.632. The lowest BCUT2D eigenvalue weighted by Crippen LogP contribution is -2.43. The van der Waals surface area contributed by atoms with E-state index in [0.29, 0.717) is 18.5 Å². The Hall–Kier alpha value is -1.57. The molecule has 27 heavy (non-hydrogen) atoms. The summed E-state index contributed by atoms with van der Waals surface area (Å²) in [4.78, 5) is 9.07. The number of pyridine rings is 1. The molecule has 0 N–H and O–H groups in total. The third-order valence-electron chi connectivity index (χ3n) is 4.87. The molecular formula is C20H31N5OS. The van der Waals surface area contributed by atoms with E-state index in [0.717, 1.165) is 35.9 Å². The smallest absolute Gasteiger partial charge is 0.297 e. The third kappa shape index (κ3) is 5.46. The van der Waals surface area contributed by atoms with Gasteiger partial charge in [-0.25, -0.2) is 5.01 Å². The Morgan fingerprint density at radius 2 is 2.00 bits per heavy atom. The first-order valence-electron chi connectivity index (χ1n) is 9.71. The van der Waals surface area contributed by atoms with Crippen molar-refractivity contribution in [1.82, 2.24) is 24.0 Å². The predicted molar refractivity (Wildman–Crippen MR) is 110 cm³/mol. The molecule has 1 fully saturated rings. The molecule has 0 radical (unpaired) electrons. The molecular weight excluding hydrogens is 358 g/mol. The molecule has 1 saturated heterocycles. The number of hydrogen-bond acceptors (Lipinski definition) is 6. The summed E-state index contributed by atoms with van der Waals surface area (Å²) in [5.41, 5.74) is 3.64. The summed E-state index contributed by atoms with van der Waals surface area (Å²) in [7, 11) is 4.10. The van der Waals surface area contributed by atoms with Gasteiger partial charge in [0.15, 0.2) is 0 Å². The number of hydrazine groups is 1. The molecule has 0 aromatic carbocycles. The molecule has 0 bridgehead atoms. The van der Waals surface area contributed by atoms with Gasteiger partial charge in [0, 0.05) is 44.8 Å². The number of ether oxygens (including phenoxy) is 1. The molecule has 1 aliphatic rings. The molecule has 0 spiro atoms. The maximum Gasteiger partial charge on any atom is 0.297 e. The first-order chi connectivity index (χ1) is 12.9. The number of piperidine rings is 1. The molecule has 3 heterocycles. The van der Waals surface area contributed by atoms with Crippen molar-refractivity contribution in [1.29, 1.82) is 0 Å². The number of aromatic nitrogens is 3. The molecule has 2 aromatic rings. The van der Waals surface area contributed by atoms with Crippen molar-refractivity contribution >= 4 is 11.9 Å². The average Bonchev–Trinajstić information content (AvgIpc) is 2.94. The molecule has 3 rings (SSSR count). The van der Waals surface area contributed by atoms with E-state index < -0.39 is 0 Å².